The molecule has 0 saturated heterocycles. The minimum absolute atomic E-state index is 0.0355. The van der Waals surface area contributed by atoms with E-state index in [1.54, 1.807) is 0 Å². The first-order valence-electron chi connectivity index (χ1n) is 4.06. The predicted octanol–water partition coefficient (Wildman–Crippen LogP) is 2.22. The van der Waals surface area contributed by atoms with Gasteiger partial charge in [-0.1, -0.05) is 6.07 Å². The highest BCUT2D eigenvalue weighted by atomic mass is 19.4. The van der Waals surface area contributed by atoms with Crippen molar-refractivity contribution in [1.82, 2.24) is 0 Å². The Balaban J connectivity index is 2.78. The van der Waals surface area contributed by atoms with Gasteiger partial charge in [0.1, 0.15) is 17.2 Å². The van der Waals surface area contributed by atoms with E-state index in [-0.39, 0.29) is 17.2 Å². The molecule has 0 saturated carbocycles. The molecule has 0 bridgehead atoms. The summed E-state index contributed by atoms with van der Waals surface area (Å²) < 4.78 is 44.9. The smallest absolute Gasteiger partial charge is 0.422 e. The third kappa shape index (κ3) is 3.23. The van der Waals surface area contributed by atoms with Crippen molar-refractivity contribution >= 4 is 5.69 Å². The number of hydrogen-bond donors (Lipinski definition) is 1. The number of benzene rings is 1. The van der Waals surface area contributed by atoms with Crippen LogP contribution in [0.5, 0.6) is 11.5 Å². The monoisotopic (exact) mass is 221 g/mol. The molecule has 0 spiro atoms. The lowest BCUT2D eigenvalue weighted by Gasteiger charge is -2.12. The molecule has 84 valence electrons. The number of alkyl halides is 3. The van der Waals surface area contributed by atoms with Crippen molar-refractivity contribution < 1.29 is 22.6 Å². The zero-order valence-corrected chi connectivity index (χ0v) is 7.97. The Kier molecular flexibility index (Phi) is 3.28. The average molecular weight is 221 g/mol. The Bertz CT molecular complexity index is 339. The molecule has 0 amide bonds. The van der Waals surface area contributed by atoms with Crippen LogP contribution in [-0.2, 0) is 0 Å². The van der Waals surface area contributed by atoms with E-state index >= 15 is 0 Å². The molecule has 0 aliphatic carbocycles. The van der Waals surface area contributed by atoms with Gasteiger partial charge in [0.05, 0.1) is 7.11 Å². The first kappa shape index (κ1) is 11.5. The van der Waals surface area contributed by atoms with Crippen LogP contribution >= 0.6 is 0 Å². The van der Waals surface area contributed by atoms with Crippen LogP contribution in [0.3, 0.4) is 0 Å². The number of anilines is 1. The number of rotatable bonds is 3. The predicted molar refractivity (Wildman–Crippen MR) is 49.0 cm³/mol. The fourth-order valence-corrected chi connectivity index (χ4v) is 0.987. The van der Waals surface area contributed by atoms with Gasteiger partial charge in [0, 0.05) is 0 Å². The van der Waals surface area contributed by atoms with E-state index in [1.807, 2.05) is 0 Å². The van der Waals surface area contributed by atoms with Crippen LogP contribution in [0.25, 0.3) is 0 Å². The van der Waals surface area contributed by atoms with Crippen LogP contribution in [-0.4, -0.2) is 19.9 Å². The van der Waals surface area contributed by atoms with E-state index in [9.17, 15) is 13.2 Å². The summed E-state index contributed by atoms with van der Waals surface area (Å²) in [7, 11) is 1.37. The average Bonchev–Trinajstić information content (AvgIpc) is 2.15. The molecule has 6 heteroatoms. The van der Waals surface area contributed by atoms with Crippen molar-refractivity contribution in [2.75, 3.05) is 19.5 Å². The molecule has 1 aromatic carbocycles. The van der Waals surface area contributed by atoms with E-state index in [4.69, 9.17) is 10.5 Å². The lowest BCUT2D eigenvalue weighted by molar-refractivity contribution is -0.153. The van der Waals surface area contributed by atoms with E-state index in [1.165, 1.54) is 25.3 Å². The Morgan fingerprint density at radius 3 is 2.40 bits per heavy atom. The van der Waals surface area contributed by atoms with Crippen LogP contribution in [0, 0.1) is 0 Å². The zero-order valence-electron chi connectivity index (χ0n) is 7.97. The fourth-order valence-electron chi connectivity index (χ4n) is 0.987. The molecule has 0 atom stereocenters. The van der Waals surface area contributed by atoms with Gasteiger partial charge in [-0.3, -0.25) is 0 Å². The molecule has 0 heterocycles. The van der Waals surface area contributed by atoms with Crippen molar-refractivity contribution in [3.05, 3.63) is 18.2 Å². The summed E-state index contributed by atoms with van der Waals surface area (Å²) in [6, 6.07) is 4.39. The van der Waals surface area contributed by atoms with Crippen LogP contribution < -0.4 is 15.2 Å². The second-order valence-corrected chi connectivity index (χ2v) is 2.78. The molecule has 0 unspecified atom stereocenters. The van der Waals surface area contributed by atoms with Crippen LogP contribution in [0.4, 0.5) is 18.9 Å². The van der Waals surface area contributed by atoms with E-state index in [0.717, 1.165) is 0 Å². The zero-order chi connectivity index (χ0) is 11.5. The SMILES string of the molecule is COc1cccc(OCC(F)(F)F)c1N. The molecule has 2 N–H and O–H groups in total. The summed E-state index contributed by atoms with van der Waals surface area (Å²) >= 11 is 0. The number of nitrogens with two attached hydrogens (primary N) is 1. The highest BCUT2D eigenvalue weighted by Gasteiger charge is 2.28. The van der Waals surface area contributed by atoms with Crippen molar-refractivity contribution in [1.29, 1.82) is 0 Å². The number of hydrogen-bond acceptors (Lipinski definition) is 3. The first-order chi connectivity index (χ1) is 6.94. The molecule has 1 aromatic rings. The summed E-state index contributed by atoms with van der Waals surface area (Å²) in [5, 5.41) is 0. The maximum atomic E-state index is 11.9. The molecule has 0 aliphatic heterocycles. The highest BCUT2D eigenvalue weighted by molar-refractivity contribution is 5.62. The van der Waals surface area contributed by atoms with Gasteiger partial charge < -0.3 is 15.2 Å². The molecule has 0 aromatic heterocycles. The minimum atomic E-state index is -4.38. The molecule has 0 fully saturated rings. The summed E-state index contributed by atoms with van der Waals surface area (Å²) in [6.07, 6.45) is -4.38. The number of halogens is 3. The summed E-state index contributed by atoms with van der Waals surface area (Å²) in [4.78, 5) is 0. The van der Waals surface area contributed by atoms with Gasteiger partial charge in [-0.25, -0.2) is 0 Å². The van der Waals surface area contributed by atoms with E-state index < -0.39 is 12.8 Å². The number of para-hydroxylation sites is 1. The second-order valence-electron chi connectivity index (χ2n) is 2.78. The molecule has 15 heavy (non-hydrogen) atoms. The van der Waals surface area contributed by atoms with Crippen molar-refractivity contribution in [2.24, 2.45) is 0 Å². The molecule has 0 radical (unpaired) electrons. The van der Waals surface area contributed by atoms with Crippen molar-refractivity contribution in [3.63, 3.8) is 0 Å². The topological polar surface area (TPSA) is 44.5 Å². The van der Waals surface area contributed by atoms with Gasteiger partial charge in [-0.2, -0.15) is 13.2 Å². The van der Waals surface area contributed by atoms with E-state index in [0.29, 0.717) is 0 Å². The Hall–Kier alpha value is -1.59. The second kappa shape index (κ2) is 4.29. The Morgan fingerprint density at radius 1 is 1.27 bits per heavy atom. The lowest BCUT2D eigenvalue weighted by Crippen LogP contribution is -2.19. The van der Waals surface area contributed by atoms with Gasteiger partial charge >= 0.3 is 6.18 Å². The Labute approximate surface area is 84.6 Å². The van der Waals surface area contributed by atoms with E-state index in [2.05, 4.69) is 4.74 Å². The highest BCUT2D eigenvalue weighted by Crippen LogP contribution is 2.31. The van der Waals surface area contributed by atoms with Crippen molar-refractivity contribution in [2.45, 2.75) is 6.18 Å². The van der Waals surface area contributed by atoms with Gasteiger partial charge in [0.25, 0.3) is 0 Å². The summed E-state index contributed by atoms with van der Waals surface area (Å²) in [6.45, 7) is -1.37. The van der Waals surface area contributed by atoms with Crippen LogP contribution in [0.1, 0.15) is 0 Å². The maximum absolute atomic E-state index is 11.9. The summed E-state index contributed by atoms with van der Waals surface area (Å²) in [5.41, 5.74) is 5.57. The standard InChI is InChI=1S/C9H10F3NO2/c1-14-6-3-2-4-7(8(6)13)15-5-9(10,11)12/h2-4H,5,13H2,1H3. The molecule has 1 rings (SSSR count). The fraction of sp³-hybridized carbons (Fsp3) is 0.333. The normalized spacial score (nSPS) is 11.2. The number of ether oxygens (including phenoxy) is 2. The third-order valence-electron chi connectivity index (χ3n) is 1.64. The molecule has 3 nitrogen and oxygen atoms in total. The van der Waals surface area contributed by atoms with Gasteiger partial charge in [0.15, 0.2) is 6.61 Å². The lowest BCUT2D eigenvalue weighted by atomic mass is 10.3. The molecule has 0 aliphatic rings. The van der Waals surface area contributed by atoms with Gasteiger partial charge in [-0.05, 0) is 12.1 Å². The number of nitrogen functional groups attached to an aromatic ring is 1. The first-order valence-corrected chi connectivity index (χ1v) is 4.06. The maximum Gasteiger partial charge on any atom is 0.422 e. The third-order valence-corrected chi connectivity index (χ3v) is 1.64. The molecular formula is C9H10F3NO2. The van der Waals surface area contributed by atoms with Gasteiger partial charge in [0.2, 0.25) is 0 Å². The Morgan fingerprint density at radius 2 is 1.87 bits per heavy atom. The van der Waals surface area contributed by atoms with Gasteiger partial charge in [-0.15, -0.1) is 0 Å². The quantitative estimate of drug-likeness (QED) is 0.796. The number of methoxy groups -OCH3 is 1. The largest absolute Gasteiger partial charge is 0.494 e. The molecular weight excluding hydrogens is 211 g/mol. The van der Waals surface area contributed by atoms with Crippen LogP contribution in [0.15, 0.2) is 18.2 Å². The minimum Gasteiger partial charge on any atom is -0.494 e. The van der Waals surface area contributed by atoms with Crippen molar-refractivity contribution in [3.8, 4) is 11.5 Å². The summed E-state index contributed by atoms with van der Waals surface area (Å²) in [5.74, 6) is 0.251. The van der Waals surface area contributed by atoms with Crippen LogP contribution in [0.2, 0.25) is 0 Å².